The van der Waals surface area contributed by atoms with E-state index in [1.54, 1.807) is 21.9 Å². The van der Waals surface area contributed by atoms with Gasteiger partial charge in [0.1, 0.15) is 5.66 Å². The van der Waals surface area contributed by atoms with Crippen LogP contribution in [-0.2, 0) is 9.59 Å². The van der Waals surface area contributed by atoms with E-state index in [-0.39, 0.29) is 30.7 Å². The number of hydrogen-bond acceptors (Lipinski definition) is 5. The quantitative estimate of drug-likeness (QED) is 0.858. The molecule has 28 heavy (non-hydrogen) atoms. The Balaban J connectivity index is 1.54. The molecule has 1 N–H and O–H groups in total. The number of rotatable bonds is 4. The van der Waals surface area contributed by atoms with Crippen molar-refractivity contribution >= 4 is 39.9 Å². The van der Waals surface area contributed by atoms with Crippen molar-refractivity contribution in [1.29, 1.82) is 0 Å². The van der Waals surface area contributed by atoms with Crippen molar-refractivity contribution < 1.29 is 14.4 Å². The van der Waals surface area contributed by atoms with Crippen LogP contribution in [0.1, 0.15) is 47.1 Å². The number of nitrogens with zero attached hydrogens (tertiary/aromatic N) is 3. The second-order valence-electron chi connectivity index (χ2n) is 7.38. The Bertz CT molecular complexity index is 966. The van der Waals surface area contributed by atoms with Crippen molar-refractivity contribution in [3.63, 3.8) is 0 Å². The molecule has 1 aromatic carbocycles. The van der Waals surface area contributed by atoms with E-state index in [9.17, 15) is 14.4 Å². The Morgan fingerprint density at radius 2 is 2.04 bits per heavy atom. The molecule has 3 amide bonds. The molecule has 7 nitrogen and oxygen atoms in total. The topological polar surface area (TPSA) is 82.6 Å². The zero-order valence-corrected chi connectivity index (χ0v) is 16.9. The van der Waals surface area contributed by atoms with E-state index in [1.165, 1.54) is 11.3 Å². The highest BCUT2D eigenvalue weighted by molar-refractivity contribution is 7.15. The molecule has 0 unspecified atom stereocenters. The summed E-state index contributed by atoms with van der Waals surface area (Å²) in [5.41, 5.74) is 1.32. The lowest BCUT2D eigenvalue weighted by atomic mass is 9.98. The van der Waals surface area contributed by atoms with Crippen LogP contribution in [-0.4, -0.2) is 39.8 Å². The van der Waals surface area contributed by atoms with Crippen LogP contribution >= 0.6 is 11.3 Å². The Hall–Kier alpha value is -2.74. The van der Waals surface area contributed by atoms with E-state index in [1.807, 2.05) is 32.9 Å². The van der Waals surface area contributed by atoms with Gasteiger partial charge in [-0.2, -0.15) is 0 Å². The Morgan fingerprint density at radius 3 is 2.75 bits per heavy atom. The standard InChI is InChI=1S/C20H22N4O3S/c1-12-13(2)28-19(21-12)22-16(25)9-11-23-18(27)14-6-4-5-7-15(14)24-17(26)8-10-20(23,24)3/h4-7H,8-11H2,1-3H3,(H,21,22,25)/t20-/m0/s1. The normalized spacial score (nSPS) is 21.0. The van der Waals surface area contributed by atoms with E-state index in [0.29, 0.717) is 29.2 Å². The molecule has 0 spiro atoms. The van der Waals surface area contributed by atoms with Crippen molar-refractivity contribution in [3.8, 4) is 0 Å². The maximum Gasteiger partial charge on any atom is 0.257 e. The first kappa shape index (κ1) is 18.6. The molecule has 1 fully saturated rings. The molecule has 1 saturated heterocycles. The van der Waals surface area contributed by atoms with Gasteiger partial charge < -0.3 is 10.2 Å². The van der Waals surface area contributed by atoms with Crippen LogP contribution in [0.2, 0.25) is 0 Å². The lowest BCUT2D eigenvalue weighted by molar-refractivity contribution is -0.117. The van der Waals surface area contributed by atoms with Gasteiger partial charge in [-0.15, -0.1) is 11.3 Å². The number of thiazole rings is 1. The number of anilines is 2. The number of amides is 3. The van der Waals surface area contributed by atoms with Crippen molar-refractivity contribution in [1.82, 2.24) is 9.88 Å². The van der Waals surface area contributed by atoms with Gasteiger partial charge in [0, 0.05) is 24.3 Å². The zero-order valence-electron chi connectivity index (χ0n) is 16.1. The largest absolute Gasteiger partial charge is 0.315 e. The molecule has 1 aromatic heterocycles. The molecule has 8 heteroatoms. The molecule has 0 bridgehead atoms. The molecule has 3 heterocycles. The number of hydrogen-bond donors (Lipinski definition) is 1. The van der Waals surface area contributed by atoms with E-state index in [0.717, 1.165) is 10.6 Å². The van der Waals surface area contributed by atoms with Crippen LogP contribution in [0.25, 0.3) is 0 Å². The molecule has 146 valence electrons. The summed E-state index contributed by atoms with van der Waals surface area (Å²) >= 11 is 1.43. The minimum absolute atomic E-state index is 0.00522. The maximum atomic E-state index is 13.1. The lowest BCUT2D eigenvalue weighted by Crippen LogP contribution is -2.62. The van der Waals surface area contributed by atoms with Gasteiger partial charge in [-0.05, 0) is 39.3 Å². The van der Waals surface area contributed by atoms with E-state index >= 15 is 0 Å². The Morgan fingerprint density at radius 1 is 1.29 bits per heavy atom. The van der Waals surface area contributed by atoms with E-state index in [4.69, 9.17) is 0 Å². The molecule has 0 radical (unpaired) electrons. The number of nitrogens with one attached hydrogen (secondary N) is 1. The van der Waals surface area contributed by atoms with Crippen molar-refractivity contribution in [2.75, 3.05) is 16.8 Å². The predicted molar refractivity (Wildman–Crippen MR) is 107 cm³/mol. The fraction of sp³-hybridized carbons (Fsp3) is 0.400. The second-order valence-corrected chi connectivity index (χ2v) is 8.58. The second kappa shape index (κ2) is 6.70. The maximum absolute atomic E-state index is 13.1. The SMILES string of the molecule is Cc1nc(NC(=O)CCN2C(=O)c3ccccc3N3C(=O)CC[C@@]23C)sc1C. The third-order valence-electron chi connectivity index (χ3n) is 5.58. The number of carbonyl (C=O) groups excluding carboxylic acids is 3. The Kier molecular flexibility index (Phi) is 4.45. The zero-order chi connectivity index (χ0) is 20.1. The van der Waals surface area contributed by atoms with Gasteiger partial charge in [-0.1, -0.05) is 12.1 Å². The fourth-order valence-corrected chi connectivity index (χ4v) is 4.79. The number of fused-ring (bicyclic) bond motifs is 3. The van der Waals surface area contributed by atoms with Crippen LogP contribution in [0.15, 0.2) is 24.3 Å². The predicted octanol–water partition coefficient (Wildman–Crippen LogP) is 3.09. The smallest absolute Gasteiger partial charge is 0.257 e. The van der Waals surface area contributed by atoms with Crippen LogP contribution in [0.5, 0.6) is 0 Å². The molecule has 2 aromatic rings. The fourth-order valence-electron chi connectivity index (χ4n) is 3.96. The molecule has 4 rings (SSSR count). The monoisotopic (exact) mass is 398 g/mol. The molecule has 2 aliphatic heterocycles. The van der Waals surface area contributed by atoms with Crippen molar-refractivity contribution in [3.05, 3.63) is 40.4 Å². The minimum Gasteiger partial charge on any atom is -0.315 e. The number of aryl methyl sites for hydroxylation is 2. The molecule has 0 saturated carbocycles. The summed E-state index contributed by atoms with van der Waals surface area (Å²) in [7, 11) is 0. The number of carbonyl (C=O) groups is 3. The van der Waals surface area contributed by atoms with Gasteiger partial charge >= 0.3 is 0 Å². The third kappa shape index (κ3) is 2.88. The highest BCUT2D eigenvalue weighted by atomic mass is 32.1. The van der Waals surface area contributed by atoms with E-state index < -0.39 is 5.66 Å². The van der Waals surface area contributed by atoms with Gasteiger partial charge in [0.15, 0.2) is 5.13 Å². The average Bonchev–Trinajstić information content (AvgIpc) is 3.13. The van der Waals surface area contributed by atoms with Crippen molar-refractivity contribution in [2.24, 2.45) is 0 Å². The molecule has 0 aliphatic carbocycles. The summed E-state index contributed by atoms with van der Waals surface area (Å²) in [6.07, 6.45) is 1.08. The van der Waals surface area contributed by atoms with Gasteiger partial charge in [0.2, 0.25) is 11.8 Å². The summed E-state index contributed by atoms with van der Waals surface area (Å²) in [5.74, 6) is -0.330. The summed E-state index contributed by atoms with van der Waals surface area (Å²) in [4.78, 5) is 46.9. The lowest BCUT2D eigenvalue weighted by Gasteiger charge is -2.48. The third-order valence-corrected chi connectivity index (χ3v) is 6.57. The molecule has 2 aliphatic rings. The first-order chi connectivity index (χ1) is 13.3. The summed E-state index contributed by atoms with van der Waals surface area (Å²) in [5, 5.41) is 3.38. The first-order valence-electron chi connectivity index (χ1n) is 9.29. The van der Waals surface area contributed by atoms with Crippen LogP contribution in [0, 0.1) is 13.8 Å². The molecule has 1 atom stereocenters. The van der Waals surface area contributed by atoms with Crippen LogP contribution in [0.4, 0.5) is 10.8 Å². The highest BCUT2D eigenvalue weighted by Gasteiger charge is 2.52. The number of benzene rings is 1. The average molecular weight is 398 g/mol. The molecular weight excluding hydrogens is 376 g/mol. The summed E-state index contributed by atoms with van der Waals surface area (Å²) in [6, 6.07) is 7.17. The number of para-hydroxylation sites is 1. The number of aromatic nitrogens is 1. The van der Waals surface area contributed by atoms with Gasteiger partial charge in [-0.3, -0.25) is 19.3 Å². The first-order valence-corrected chi connectivity index (χ1v) is 10.1. The van der Waals surface area contributed by atoms with Crippen LogP contribution < -0.4 is 10.2 Å². The summed E-state index contributed by atoms with van der Waals surface area (Å²) < 4.78 is 0. The van der Waals surface area contributed by atoms with Gasteiger partial charge in [-0.25, -0.2) is 4.98 Å². The van der Waals surface area contributed by atoms with Crippen molar-refractivity contribution in [2.45, 2.75) is 45.7 Å². The highest BCUT2D eigenvalue weighted by Crippen LogP contribution is 2.43. The van der Waals surface area contributed by atoms with Crippen LogP contribution in [0.3, 0.4) is 0 Å². The van der Waals surface area contributed by atoms with Gasteiger partial charge in [0.25, 0.3) is 5.91 Å². The Labute approximate surface area is 167 Å². The minimum atomic E-state index is -0.739. The van der Waals surface area contributed by atoms with E-state index in [2.05, 4.69) is 10.3 Å². The van der Waals surface area contributed by atoms with Gasteiger partial charge in [0.05, 0.1) is 16.9 Å². The molecular formula is C20H22N4O3S. The summed E-state index contributed by atoms with van der Waals surface area (Å²) in [6.45, 7) is 6.00.